The molecule has 0 aliphatic rings. The molecule has 0 saturated heterocycles. The average Bonchev–Trinajstić information content (AvgIpc) is 2.65. The van der Waals surface area contributed by atoms with Crippen molar-refractivity contribution in [3.8, 4) is 0 Å². The van der Waals surface area contributed by atoms with Crippen molar-refractivity contribution in [3.63, 3.8) is 0 Å². The summed E-state index contributed by atoms with van der Waals surface area (Å²) in [4.78, 5) is 0. The van der Waals surface area contributed by atoms with Crippen molar-refractivity contribution in [2.24, 2.45) is 0 Å². The fourth-order valence-corrected chi connectivity index (χ4v) is 4.57. The highest BCUT2D eigenvalue weighted by Gasteiger charge is 2.22. The maximum absolute atomic E-state index is 13.6. The largest absolute Gasteiger partial charge is 0.273 e. The first-order valence-electron chi connectivity index (χ1n) is 5.14. The third kappa shape index (κ3) is 3.13. The van der Waals surface area contributed by atoms with Crippen molar-refractivity contribution < 1.29 is 17.2 Å². The molecule has 0 radical (unpaired) electrons. The monoisotopic (exact) mass is 401 g/mol. The first-order chi connectivity index (χ1) is 9.20. The molecule has 0 bridgehead atoms. The van der Waals surface area contributed by atoms with E-state index in [2.05, 4.69) is 15.9 Å². The van der Waals surface area contributed by atoms with Crippen LogP contribution in [0.3, 0.4) is 0 Å². The van der Waals surface area contributed by atoms with Gasteiger partial charge in [0.25, 0.3) is 10.0 Å². The number of hydrogen-bond acceptors (Lipinski definition) is 3. The maximum Gasteiger partial charge on any atom is 0.271 e. The first kappa shape index (κ1) is 15.7. The van der Waals surface area contributed by atoms with E-state index < -0.39 is 27.3 Å². The van der Waals surface area contributed by atoms with E-state index in [1.54, 1.807) is 6.92 Å². The van der Waals surface area contributed by atoms with Gasteiger partial charge < -0.3 is 0 Å². The Hall–Kier alpha value is -0.700. The lowest BCUT2D eigenvalue weighted by Crippen LogP contribution is -2.14. The van der Waals surface area contributed by atoms with Crippen LogP contribution in [0.15, 0.2) is 26.9 Å². The Labute approximate surface area is 131 Å². The minimum Gasteiger partial charge on any atom is -0.273 e. The fraction of sp³-hybridized carbons (Fsp3) is 0.0909. The zero-order chi connectivity index (χ0) is 15.1. The van der Waals surface area contributed by atoms with Gasteiger partial charge in [-0.05, 0) is 30.7 Å². The van der Waals surface area contributed by atoms with Gasteiger partial charge >= 0.3 is 0 Å². The lowest BCUT2D eigenvalue weighted by molar-refractivity contribution is 0.582. The molecule has 0 aliphatic carbocycles. The van der Waals surface area contributed by atoms with E-state index in [4.69, 9.17) is 11.6 Å². The van der Waals surface area contributed by atoms with Crippen LogP contribution in [0.5, 0.6) is 0 Å². The standard InChI is InChI=1S/C11H7BrClF2NO2S2/c1-5-2-9(19-11(5)13)20(17,18)16-10-7(14)3-6(12)4-8(10)15/h2-4,16H,1H3. The minimum atomic E-state index is -4.08. The molecule has 0 unspecified atom stereocenters. The summed E-state index contributed by atoms with van der Waals surface area (Å²) in [5.41, 5.74) is -0.149. The zero-order valence-electron chi connectivity index (χ0n) is 9.88. The SMILES string of the molecule is Cc1cc(S(=O)(=O)Nc2c(F)cc(Br)cc2F)sc1Cl. The van der Waals surface area contributed by atoms with E-state index in [9.17, 15) is 17.2 Å². The second-order valence-corrected chi connectivity index (χ2v) is 8.35. The molecule has 2 aromatic rings. The molecular weight excluding hydrogens is 396 g/mol. The number of hydrogen-bond donors (Lipinski definition) is 1. The van der Waals surface area contributed by atoms with Gasteiger partial charge in [0.1, 0.15) is 9.90 Å². The highest BCUT2D eigenvalue weighted by molar-refractivity contribution is 9.10. The summed E-state index contributed by atoms with van der Waals surface area (Å²) < 4.78 is 53.6. The molecule has 108 valence electrons. The number of anilines is 1. The van der Waals surface area contributed by atoms with Crippen LogP contribution in [0.1, 0.15) is 5.56 Å². The molecule has 0 spiro atoms. The predicted molar refractivity (Wildman–Crippen MR) is 78.9 cm³/mol. The number of aryl methyl sites for hydroxylation is 1. The Balaban J connectivity index is 2.43. The van der Waals surface area contributed by atoms with Gasteiger partial charge in [-0.25, -0.2) is 17.2 Å². The molecule has 0 atom stereocenters. The highest BCUT2D eigenvalue weighted by atomic mass is 79.9. The van der Waals surface area contributed by atoms with Gasteiger partial charge in [-0.1, -0.05) is 27.5 Å². The van der Waals surface area contributed by atoms with Gasteiger partial charge in [-0.15, -0.1) is 11.3 Å². The van der Waals surface area contributed by atoms with E-state index >= 15 is 0 Å². The molecule has 3 nitrogen and oxygen atoms in total. The lowest BCUT2D eigenvalue weighted by Gasteiger charge is -2.08. The maximum atomic E-state index is 13.6. The summed E-state index contributed by atoms with van der Waals surface area (Å²) in [5, 5.41) is 0. The van der Waals surface area contributed by atoms with E-state index in [1.165, 1.54) is 6.07 Å². The smallest absolute Gasteiger partial charge is 0.271 e. The first-order valence-corrected chi connectivity index (χ1v) is 8.61. The molecule has 1 aromatic carbocycles. The van der Waals surface area contributed by atoms with Crippen molar-refractivity contribution in [2.45, 2.75) is 11.1 Å². The number of halogens is 4. The quantitative estimate of drug-likeness (QED) is 0.818. The molecule has 0 fully saturated rings. The molecule has 1 heterocycles. The van der Waals surface area contributed by atoms with Crippen LogP contribution in [0, 0.1) is 18.6 Å². The Morgan fingerprint density at radius 1 is 1.25 bits per heavy atom. The van der Waals surface area contributed by atoms with Gasteiger partial charge in [0.2, 0.25) is 0 Å². The van der Waals surface area contributed by atoms with Crippen LogP contribution in [0.25, 0.3) is 0 Å². The topological polar surface area (TPSA) is 46.2 Å². The number of sulfonamides is 1. The predicted octanol–water partition coefficient (Wildman–Crippen LogP) is 4.55. The van der Waals surface area contributed by atoms with Crippen LogP contribution >= 0.6 is 38.9 Å². The molecule has 0 aliphatic heterocycles. The van der Waals surface area contributed by atoms with Crippen LogP contribution in [0.2, 0.25) is 4.34 Å². The number of nitrogens with one attached hydrogen (secondary N) is 1. The van der Waals surface area contributed by atoms with Crippen LogP contribution < -0.4 is 4.72 Å². The number of rotatable bonds is 3. The summed E-state index contributed by atoms with van der Waals surface area (Å²) in [6, 6.07) is 3.27. The van der Waals surface area contributed by atoms with Crippen LogP contribution in [-0.2, 0) is 10.0 Å². The average molecular weight is 403 g/mol. The Morgan fingerprint density at radius 2 is 1.80 bits per heavy atom. The van der Waals surface area contributed by atoms with Crippen molar-refractivity contribution in [3.05, 3.63) is 44.2 Å². The van der Waals surface area contributed by atoms with Gasteiger partial charge in [-0.2, -0.15) is 0 Å². The fourth-order valence-electron chi connectivity index (χ4n) is 1.39. The van der Waals surface area contributed by atoms with E-state index in [-0.39, 0.29) is 8.68 Å². The van der Waals surface area contributed by atoms with Crippen molar-refractivity contribution in [1.29, 1.82) is 0 Å². The van der Waals surface area contributed by atoms with Gasteiger partial charge in [0.15, 0.2) is 11.6 Å². The van der Waals surface area contributed by atoms with Crippen LogP contribution in [0.4, 0.5) is 14.5 Å². The Morgan fingerprint density at radius 3 is 2.25 bits per heavy atom. The molecule has 9 heteroatoms. The van der Waals surface area contributed by atoms with Crippen molar-refractivity contribution in [2.75, 3.05) is 4.72 Å². The summed E-state index contributed by atoms with van der Waals surface area (Å²) >= 11 is 9.52. The van der Waals surface area contributed by atoms with Crippen molar-refractivity contribution in [1.82, 2.24) is 0 Å². The van der Waals surface area contributed by atoms with Crippen molar-refractivity contribution >= 4 is 54.6 Å². The molecule has 20 heavy (non-hydrogen) atoms. The summed E-state index contributed by atoms with van der Waals surface area (Å²) in [6.45, 7) is 1.64. The molecule has 2 rings (SSSR count). The van der Waals surface area contributed by atoms with Gasteiger partial charge in [-0.3, -0.25) is 4.72 Å². The lowest BCUT2D eigenvalue weighted by atomic mass is 10.3. The minimum absolute atomic E-state index is 0.110. The molecule has 1 N–H and O–H groups in total. The summed E-state index contributed by atoms with van der Waals surface area (Å²) in [5.74, 6) is -2.03. The molecule has 0 saturated carbocycles. The Kier molecular flexibility index (Phi) is 4.38. The third-order valence-electron chi connectivity index (χ3n) is 2.34. The molecule has 0 amide bonds. The van der Waals surface area contributed by atoms with E-state index in [0.29, 0.717) is 9.90 Å². The van der Waals surface area contributed by atoms with E-state index in [0.717, 1.165) is 23.5 Å². The third-order valence-corrected chi connectivity index (χ3v) is 6.18. The van der Waals surface area contributed by atoms with Gasteiger partial charge in [0.05, 0.1) is 4.34 Å². The Bertz CT molecular complexity index is 734. The molecular formula is C11H7BrClF2NO2S2. The highest BCUT2D eigenvalue weighted by Crippen LogP contribution is 2.32. The van der Waals surface area contributed by atoms with Crippen LogP contribution in [-0.4, -0.2) is 8.42 Å². The summed E-state index contributed by atoms with van der Waals surface area (Å²) in [7, 11) is -4.08. The second-order valence-electron chi connectivity index (χ2n) is 3.87. The number of benzene rings is 1. The zero-order valence-corrected chi connectivity index (χ0v) is 13.9. The molecule has 1 aromatic heterocycles. The number of thiophene rings is 1. The normalized spacial score (nSPS) is 11.7. The summed E-state index contributed by atoms with van der Waals surface area (Å²) in [6.07, 6.45) is 0. The van der Waals surface area contributed by atoms with E-state index in [1.807, 2.05) is 4.72 Å². The van der Waals surface area contributed by atoms with Gasteiger partial charge in [0, 0.05) is 4.47 Å². The second kappa shape index (κ2) is 5.59.